The first-order valence-corrected chi connectivity index (χ1v) is 5.78. The first kappa shape index (κ1) is 11.1. The Morgan fingerprint density at radius 1 is 1.33 bits per heavy atom. The van der Waals surface area contributed by atoms with Gasteiger partial charge in [0, 0.05) is 18.1 Å². The number of nitrogens with zero attached hydrogens (tertiary/aromatic N) is 3. The summed E-state index contributed by atoms with van der Waals surface area (Å²) in [6, 6.07) is 7.11. The second-order valence-corrected chi connectivity index (χ2v) is 4.49. The number of aromatic nitrogens is 3. The smallest absolute Gasteiger partial charge is 0.329 e. The van der Waals surface area contributed by atoms with Gasteiger partial charge >= 0.3 is 5.69 Å². The van der Waals surface area contributed by atoms with Crippen molar-refractivity contribution < 1.29 is 4.52 Å². The van der Waals surface area contributed by atoms with E-state index in [1.807, 2.05) is 6.07 Å². The maximum Gasteiger partial charge on any atom is 0.329 e. The van der Waals surface area contributed by atoms with Crippen LogP contribution in [-0.2, 0) is 13.6 Å². The van der Waals surface area contributed by atoms with Crippen LogP contribution in [-0.4, -0.2) is 14.3 Å². The molecule has 0 aliphatic carbocycles. The predicted molar refractivity (Wildman–Crippen MR) is 67.8 cm³/mol. The molecule has 0 amide bonds. The van der Waals surface area contributed by atoms with E-state index in [2.05, 4.69) is 5.16 Å². The summed E-state index contributed by atoms with van der Waals surface area (Å²) in [4.78, 5) is 12.2. The van der Waals surface area contributed by atoms with Gasteiger partial charge in [0.2, 0.25) is 0 Å². The zero-order chi connectivity index (χ0) is 12.7. The molecule has 0 aliphatic rings. The van der Waals surface area contributed by atoms with Crippen molar-refractivity contribution >= 4 is 22.6 Å². The first-order valence-electron chi connectivity index (χ1n) is 5.41. The van der Waals surface area contributed by atoms with Crippen LogP contribution in [0.5, 0.6) is 0 Å². The Morgan fingerprint density at radius 2 is 2.17 bits per heavy atom. The Labute approximate surface area is 107 Å². The van der Waals surface area contributed by atoms with Gasteiger partial charge in [-0.15, -0.1) is 0 Å². The zero-order valence-electron chi connectivity index (χ0n) is 9.63. The lowest BCUT2D eigenvalue weighted by Crippen LogP contribution is -2.22. The predicted octanol–water partition coefficient (Wildman–Crippen LogP) is 2.03. The van der Waals surface area contributed by atoms with Crippen LogP contribution in [0, 0.1) is 0 Å². The minimum absolute atomic E-state index is 0.102. The third-order valence-corrected chi connectivity index (χ3v) is 3.15. The number of aryl methyl sites for hydroxylation is 1. The maximum atomic E-state index is 12.2. The molecule has 1 aromatic carbocycles. The largest absolute Gasteiger partial charge is 0.364 e. The standard InChI is InChI=1S/C12H10ClN3O2/c1-15-11-6-8(13)2-3-10(11)16(12(15)17)7-9-4-5-18-14-9/h2-6H,7H2,1H3. The highest BCUT2D eigenvalue weighted by atomic mass is 35.5. The number of rotatable bonds is 2. The van der Waals surface area contributed by atoms with Crippen LogP contribution >= 0.6 is 11.6 Å². The average molecular weight is 264 g/mol. The van der Waals surface area contributed by atoms with Gasteiger partial charge in [-0.2, -0.15) is 0 Å². The Morgan fingerprint density at radius 3 is 2.89 bits per heavy atom. The molecule has 0 saturated carbocycles. The molecule has 5 nitrogen and oxygen atoms in total. The molecular formula is C12H10ClN3O2. The van der Waals surface area contributed by atoms with E-state index in [1.54, 1.807) is 34.4 Å². The normalized spacial score (nSPS) is 11.2. The Balaban J connectivity index is 2.23. The van der Waals surface area contributed by atoms with Crippen LogP contribution < -0.4 is 5.69 Å². The van der Waals surface area contributed by atoms with Crippen LogP contribution in [0.4, 0.5) is 0 Å². The van der Waals surface area contributed by atoms with Crippen LogP contribution in [0.25, 0.3) is 11.0 Å². The fraction of sp³-hybridized carbons (Fsp3) is 0.167. The van der Waals surface area contributed by atoms with Gasteiger partial charge in [0.15, 0.2) is 0 Å². The van der Waals surface area contributed by atoms with E-state index in [0.717, 1.165) is 11.0 Å². The van der Waals surface area contributed by atoms with Gasteiger partial charge in [0.05, 0.1) is 17.6 Å². The first-order chi connectivity index (χ1) is 8.66. The van der Waals surface area contributed by atoms with E-state index in [4.69, 9.17) is 16.1 Å². The van der Waals surface area contributed by atoms with Gasteiger partial charge in [0.25, 0.3) is 0 Å². The van der Waals surface area contributed by atoms with Crippen molar-refractivity contribution in [2.45, 2.75) is 6.54 Å². The molecule has 0 spiro atoms. The van der Waals surface area contributed by atoms with Gasteiger partial charge in [-0.25, -0.2) is 4.79 Å². The molecule has 92 valence electrons. The number of benzene rings is 1. The van der Waals surface area contributed by atoms with Crippen molar-refractivity contribution in [3.63, 3.8) is 0 Å². The van der Waals surface area contributed by atoms with Crippen molar-refractivity contribution in [3.8, 4) is 0 Å². The fourth-order valence-corrected chi connectivity index (χ4v) is 2.18. The lowest BCUT2D eigenvalue weighted by atomic mass is 10.3. The topological polar surface area (TPSA) is 53.0 Å². The Bertz CT molecular complexity index is 756. The lowest BCUT2D eigenvalue weighted by molar-refractivity contribution is 0.409. The SMILES string of the molecule is Cn1c(=O)n(Cc2ccon2)c2ccc(Cl)cc21. The van der Waals surface area contributed by atoms with Gasteiger partial charge in [-0.1, -0.05) is 16.8 Å². The van der Waals surface area contributed by atoms with Crippen molar-refractivity contribution in [3.05, 3.63) is 51.7 Å². The molecular weight excluding hydrogens is 254 g/mol. The molecule has 0 fully saturated rings. The highest BCUT2D eigenvalue weighted by Gasteiger charge is 2.12. The van der Waals surface area contributed by atoms with E-state index in [0.29, 0.717) is 17.3 Å². The summed E-state index contributed by atoms with van der Waals surface area (Å²) in [5.74, 6) is 0. The van der Waals surface area contributed by atoms with Crippen LogP contribution in [0.2, 0.25) is 5.02 Å². The average Bonchev–Trinajstić information content (AvgIpc) is 2.94. The second kappa shape index (κ2) is 4.03. The van der Waals surface area contributed by atoms with Gasteiger partial charge < -0.3 is 4.52 Å². The van der Waals surface area contributed by atoms with Gasteiger partial charge in [0.1, 0.15) is 12.0 Å². The zero-order valence-corrected chi connectivity index (χ0v) is 10.4. The molecule has 3 rings (SSSR count). The summed E-state index contributed by atoms with van der Waals surface area (Å²) in [6.45, 7) is 0.383. The summed E-state index contributed by atoms with van der Waals surface area (Å²) >= 11 is 5.94. The monoisotopic (exact) mass is 263 g/mol. The van der Waals surface area contributed by atoms with Crippen LogP contribution in [0.1, 0.15) is 5.69 Å². The maximum absolute atomic E-state index is 12.2. The number of imidazole rings is 1. The summed E-state index contributed by atoms with van der Waals surface area (Å²) in [5, 5.41) is 4.42. The number of hydrogen-bond donors (Lipinski definition) is 0. The molecule has 0 atom stereocenters. The number of halogens is 1. The second-order valence-electron chi connectivity index (χ2n) is 4.05. The molecule has 0 N–H and O–H groups in total. The molecule has 2 aromatic heterocycles. The fourth-order valence-electron chi connectivity index (χ4n) is 2.01. The molecule has 6 heteroatoms. The van der Waals surface area contributed by atoms with E-state index in [-0.39, 0.29) is 5.69 Å². The number of hydrogen-bond acceptors (Lipinski definition) is 3. The summed E-state index contributed by atoms with van der Waals surface area (Å²) < 4.78 is 7.98. The number of fused-ring (bicyclic) bond motifs is 1. The quantitative estimate of drug-likeness (QED) is 0.711. The molecule has 0 aliphatic heterocycles. The van der Waals surface area contributed by atoms with E-state index in [1.165, 1.54) is 6.26 Å². The molecule has 2 heterocycles. The van der Waals surface area contributed by atoms with Crippen molar-refractivity contribution in [1.29, 1.82) is 0 Å². The van der Waals surface area contributed by atoms with Crippen LogP contribution in [0.3, 0.4) is 0 Å². The highest BCUT2D eigenvalue weighted by molar-refractivity contribution is 6.31. The minimum Gasteiger partial charge on any atom is -0.364 e. The van der Waals surface area contributed by atoms with Crippen LogP contribution in [0.15, 0.2) is 39.8 Å². The van der Waals surface area contributed by atoms with E-state index < -0.39 is 0 Å². The summed E-state index contributed by atoms with van der Waals surface area (Å²) in [6.07, 6.45) is 1.49. The molecule has 0 bridgehead atoms. The molecule has 0 saturated heterocycles. The van der Waals surface area contributed by atoms with Gasteiger partial charge in [-0.05, 0) is 18.2 Å². The minimum atomic E-state index is -0.102. The van der Waals surface area contributed by atoms with Crippen molar-refractivity contribution in [2.24, 2.45) is 7.05 Å². The molecule has 3 aromatic rings. The third-order valence-electron chi connectivity index (χ3n) is 2.92. The Kier molecular flexibility index (Phi) is 2.48. The summed E-state index contributed by atoms with van der Waals surface area (Å²) in [7, 11) is 1.72. The summed E-state index contributed by atoms with van der Waals surface area (Å²) in [5.41, 5.74) is 2.24. The van der Waals surface area contributed by atoms with Crippen molar-refractivity contribution in [1.82, 2.24) is 14.3 Å². The molecule has 0 radical (unpaired) electrons. The third kappa shape index (κ3) is 1.64. The highest BCUT2D eigenvalue weighted by Crippen LogP contribution is 2.18. The molecule has 0 unspecified atom stereocenters. The molecule has 18 heavy (non-hydrogen) atoms. The lowest BCUT2D eigenvalue weighted by Gasteiger charge is -1.99. The van der Waals surface area contributed by atoms with E-state index in [9.17, 15) is 4.79 Å². The van der Waals surface area contributed by atoms with Crippen molar-refractivity contribution in [2.75, 3.05) is 0 Å². The van der Waals surface area contributed by atoms with Gasteiger partial charge in [-0.3, -0.25) is 9.13 Å². The Hall–Kier alpha value is -2.01. The van der Waals surface area contributed by atoms with E-state index >= 15 is 0 Å².